The van der Waals surface area contributed by atoms with Crippen molar-refractivity contribution in [3.05, 3.63) is 65.2 Å². The number of nitrogens with zero attached hydrogens (tertiary/aromatic N) is 1. The standard InChI is InChI=1S/C18H19NOS/c1-14-6-8-18(9-7-14)21(20)19-11-10-15-12-16-4-2-3-5-17(16)13-15/h2-9,11,15H,10,12-13H2,1H3/b19-11+. The Balaban J connectivity index is 1.56. The molecular formula is C18H19NOS. The summed E-state index contributed by atoms with van der Waals surface area (Å²) in [5.74, 6) is 0.598. The lowest BCUT2D eigenvalue weighted by molar-refractivity contribution is 0.592. The van der Waals surface area contributed by atoms with Gasteiger partial charge in [0.05, 0.1) is 4.90 Å². The van der Waals surface area contributed by atoms with Crippen LogP contribution in [0.1, 0.15) is 23.1 Å². The highest BCUT2D eigenvalue weighted by atomic mass is 32.2. The van der Waals surface area contributed by atoms with Gasteiger partial charge in [-0.25, -0.2) is 4.21 Å². The molecule has 2 aromatic carbocycles. The van der Waals surface area contributed by atoms with Gasteiger partial charge in [0.15, 0.2) is 11.0 Å². The second-order valence-corrected chi connectivity index (χ2v) is 6.81. The Bertz CT molecular complexity index is 651. The maximum absolute atomic E-state index is 12.1. The summed E-state index contributed by atoms with van der Waals surface area (Å²) in [6.07, 6.45) is 4.96. The first kappa shape index (κ1) is 14.2. The van der Waals surface area contributed by atoms with Crippen molar-refractivity contribution in [3.8, 4) is 0 Å². The van der Waals surface area contributed by atoms with E-state index in [2.05, 4.69) is 28.7 Å². The molecule has 1 aliphatic carbocycles. The van der Waals surface area contributed by atoms with Crippen LogP contribution < -0.4 is 0 Å². The average molecular weight is 297 g/mol. The lowest BCUT2D eigenvalue weighted by Gasteiger charge is -2.03. The van der Waals surface area contributed by atoms with Gasteiger partial charge in [0, 0.05) is 6.21 Å². The van der Waals surface area contributed by atoms with Crippen LogP contribution in [0.3, 0.4) is 0 Å². The third kappa shape index (κ3) is 3.48. The highest BCUT2D eigenvalue weighted by Crippen LogP contribution is 2.27. The van der Waals surface area contributed by atoms with Crippen LogP contribution in [-0.4, -0.2) is 10.4 Å². The van der Waals surface area contributed by atoms with E-state index in [1.54, 1.807) is 0 Å². The summed E-state index contributed by atoms with van der Waals surface area (Å²) in [6, 6.07) is 16.3. The van der Waals surface area contributed by atoms with Gasteiger partial charge in [0.25, 0.3) is 0 Å². The minimum atomic E-state index is -1.27. The van der Waals surface area contributed by atoms with Crippen molar-refractivity contribution < 1.29 is 4.21 Å². The van der Waals surface area contributed by atoms with Gasteiger partial charge in [-0.2, -0.15) is 4.40 Å². The summed E-state index contributed by atoms with van der Waals surface area (Å²) in [5, 5.41) is 0. The summed E-state index contributed by atoms with van der Waals surface area (Å²) < 4.78 is 16.3. The zero-order chi connectivity index (χ0) is 14.7. The number of aryl methyl sites for hydroxylation is 1. The van der Waals surface area contributed by atoms with E-state index in [0.717, 1.165) is 24.2 Å². The minimum Gasteiger partial charge on any atom is -0.230 e. The molecule has 0 spiro atoms. The van der Waals surface area contributed by atoms with Gasteiger partial charge < -0.3 is 0 Å². The molecule has 3 heteroatoms. The number of fused-ring (bicyclic) bond motifs is 1. The first-order valence-corrected chi connectivity index (χ1v) is 8.41. The molecule has 0 heterocycles. The van der Waals surface area contributed by atoms with Gasteiger partial charge in [-0.15, -0.1) is 0 Å². The van der Waals surface area contributed by atoms with Gasteiger partial charge in [-0.05, 0) is 55.4 Å². The fraction of sp³-hybridized carbons (Fsp3) is 0.278. The van der Waals surface area contributed by atoms with Crippen LogP contribution in [0.2, 0.25) is 0 Å². The molecule has 0 bridgehead atoms. The third-order valence-corrected chi connectivity index (χ3v) is 4.98. The Labute approximate surface area is 128 Å². The van der Waals surface area contributed by atoms with E-state index in [0.29, 0.717) is 5.92 Å². The smallest absolute Gasteiger partial charge is 0.172 e. The van der Waals surface area contributed by atoms with Crippen molar-refractivity contribution in [1.82, 2.24) is 0 Å². The van der Waals surface area contributed by atoms with E-state index >= 15 is 0 Å². The second kappa shape index (κ2) is 6.35. The zero-order valence-corrected chi connectivity index (χ0v) is 13.0. The zero-order valence-electron chi connectivity index (χ0n) is 12.2. The molecule has 2 aromatic rings. The van der Waals surface area contributed by atoms with Crippen molar-refractivity contribution in [2.75, 3.05) is 0 Å². The monoisotopic (exact) mass is 297 g/mol. The molecule has 0 fully saturated rings. The Kier molecular flexibility index (Phi) is 4.30. The summed E-state index contributed by atoms with van der Waals surface area (Å²) >= 11 is 0. The average Bonchev–Trinajstić information content (AvgIpc) is 2.90. The van der Waals surface area contributed by atoms with E-state index in [1.165, 1.54) is 16.7 Å². The van der Waals surface area contributed by atoms with Crippen LogP contribution in [0.15, 0.2) is 57.8 Å². The maximum atomic E-state index is 12.1. The number of hydrogen-bond donors (Lipinski definition) is 0. The molecule has 2 nitrogen and oxygen atoms in total. The Hall–Kier alpha value is -1.74. The fourth-order valence-corrected chi connectivity index (χ4v) is 3.50. The minimum absolute atomic E-state index is 0.598. The van der Waals surface area contributed by atoms with E-state index in [9.17, 15) is 4.21 Å². The van der Waals surface area contributed by atoms with Crippen molar-refractivity contribution in [1.29, 1.82) is 0 Å². The molecule has 0 aliphatic heterocycles. The Morgan fingerprint density at radius 2 is 1.71 bits per heavy atom. The fourth-order valence-electron chi connectivity index (χ4n) is 2.79. The van der Waals surface area contributed by atoms with Gasteiger partial charge >= 0.3 is 0 Å². The topological polar surface area (TPSA) is 29.4 Å². The van der Waals surface area contributed by atoms with Gasteiger partial charge in [0.1, 0.15) is 0 Å². The van der Waals surface area contributed by atoms with Gasteiger partial charge in [-0.3, -0.25) is 0 Å². The molecule has 1 aliphatic rings. The van der Waals surface area contributed by atoms with Crippen molar-refractivity contribution >= 4 is 17.2 Å². The first-order chi connectivity index (χ1) is 10.2. The van der Waals surface area contributed by atoms with Crippen LogP contribution in [0.5, 0.6) is 0 Å². The Morgan fingerprint density at radius 3 is 2.33 bits per heavy atom. The normalized spacial score (nSPS) is 16.2. The molecule has 0 amide bonds. The van der Waals surface area contributed by atoms with E-state index < -0.39 is 11.0 Å². The largest absolute Gasteiger partial charge is 0.230 e. The molecule has 108 valence electrons. The molecule has 0 radical (unpaired) electrons. The van der Waals surface area contributed by atoms with Crippen LogP contribution in [0.4, 0.5) is 0 Å². The third-order valence-electron chi connectivity index (χ3n) is 3.97. The first-order valence-electron chi connectivity index (χ1n) is 7.30. The van der Waals surface area contributed by atoms with Crippen LogP contribution in [0, 0.1) is 12.8 Å². The lowest BCUT2D eigenvalue weighted by atomic mass is 10.0. The quantitative estimate of drug-likeness (QED) is 0.787. The molecule has 1 unspecified atom stereocenters. The van der Waals surface area contributed by atoms with E-state index in [4.69, 9.17) is 0 Å². The van der Waals surface area contributed by atoms with E-state index in [1.807, 2.05) is 37.4 Å². The number of benzene rings is 2. The van der Waals surface area contributed by atoms with Gasteiger partial charge in [-0.1, -0.05) is 42.0 Å². The highest BCUT2D eigenvalue weighted by molar-refractivity contribution is 7.83. The lowest BCUT2D eigenvalue weighted by Crippen LogP contribution is -2.00. The number of hydrogen-bond acceptors (Lipinski definition) is 1. The summed E-state index contributed by atoms with van der Waals surface area (Å²) in [4.78, 5) is 0.770. The summed E-state index contributed by atoms with van der Waals surface area (Å²) in [5.41, 5.74) is 4.08. The van der Waals surface area contributed by atoms with Crippen LogP contribution >= 0.6 is 0 Å². The molecule has 3 rings (SSSR count). The SMILES string of the molecule is Cc1ccc(S(=O)/N=C/CC2Cc3ccccc3C2)cc1. The molecule has 21 heavy (non-hydrogen) atoms. The van der Waals surface area contributed by atoms with Crippen molar-refractivity contribution in [2.45, 2.75) is 31.1 Å². The highest BCUT2D eigenvalue weighted by Gasteiger charge is 2.19. The maximum Gasteiger partial charge on any atom is 0.172 e. The van der Waals surface area contributed by atoms with Crippen molar-refractivity contribution in [2.24, 2.45) is 10.3 Å². The molecule has 0 saturated heterocycles. The number of rotatable bonds is 4. The predicted molar refractivity (Wildman–Crippen MR) is 88.0 cm³/mol. The second-order valence-electron chi connectivity index (χ2n) is 5.63. The van der Waals surface area contributed by atoms with Crippen molar-refractivity contribution in [3.63, 3.8) is 0 Å². The van der Waals surface area contributed by atoms with Crippen LogP contribution in [-0.2, 0) is 23.8 Å². The van der Waals surface area contributed by atoms with Crippen LogP contribution in [0.25, 0.3) is 0 Å². The molecular weight excluding hydrogens is 278 g/mol. The van der Waals surface area contributed by atoms with Gasteiger partial charge in [0.2, 0.25) is 0 Å². The molecule has 0 saturated carbocycles. The predicted octanol–water partition coefficient (Wildman–Crippen LogP) is 3.89. The molecule has 0 N–H and O–H groups in total. The van der Waals surface area contributed by atoms with E-state index in [-0.39, 0.29) is 0 Å². The summed E-state index contributed by atoms with van der Waals surface area (Å²) in [7, 11) is -1.27. The Morgan fingerprint density at radius 1 is 1.10 bits per heavy atom. The molecule has 0 aromatic heterocycles. The summed E-state index contributed by atoms with van der Waals surface area (Å²) in [6.45, 7) is 2.02. The molecule has 1 atom stereocenters.